The largest absolute Gasteiger partial charge is 0.497 e. The number of piperidine rings is 1. The fourth-order valence-electron chi connectivity index (χ4n) is 3.45. The van der Waals surface area contributed by atoms with Crippen LogP contribution in [0.25, 0.3) is 0 Å². The van der Waals surface area contributed by atoms with Gasteiger partial charge in [0.05, 0.1) is 24.7 Å². The van der Waals surface area contributed by atoms with Gasteiger partial charge >= 0.3 is 5.69 Å². The number of anilines is 1. The monoisotopic (exact) mass is 373 g/mol. The number of benzene rings is 1. The fourth-order valence-corrected chi connectivity index (χ4v) is 3.45. The van der Waals surface area contributed by atoms with E-state index in [0.717, 1.165) is 0 Å². The molecule has 0 unspecified atom stereocenters. The maximum atomic E-state index is 11.4. The van der Waals surface area contributed by atoms with Gasteiger partial charge in [0.25, 0.3) is 0 Å². The topological polar surface area (TPSA) is 98.0 Å². The van der Waals surface area contributed by atoms with Crippen LogP contribution in [0.4, 0.5) is 11.5 Å². The van der Waals surface area contributed by atoms with Crippen molar-refractivity contribution in [3.8, 4) is 11.5 Å². The van der Waals surface area contributed by atoms with Crippen LogP contribution in [-0.4, -0.2) is 42.3 Å². The molecule has 3 rings (SSSR count). The second kappa shape index (κ2) is 7.40. The summed E-state index contributed by atoms with van der Waals surface area (Å²) >= 11 is 0. The zero-order valence-electron chi connectivity index (χ0n) is 15.6. The smallest absolute Gasteiger partial charge is 0.314 e. The van der Waals surface area contributed by atoms with Crippen molar-refractivity contribution in [3.63, 3.8) is 0 Å². The third kappa shape index (κ3) is 3.66. The Labute approximate surface area is 157 Å². The van der Waals surface area contributed by atoms with Crippen LogP contribution >= 0.6 is 0 Å². The summed E-state index contributed by atoms with van der Waals surface area (Å²) in [4.78, 5) is 17.1. The van der Waals surface area contributed by atoms with Crippen molar-refractivity contribution >= 4 is 11.5 Å². The van der Waals surface area contributed by atoms with Gasteiger partial charge in [0.1, 0.15) is 11.5 Å². The summed E-state index contributed by atoms with van der Waals surface area (Å²) in [5, 5.41) is 22.6. The molecule has 2 heterocycles. The lowest BCUT2D eigenvalue weighted by molar-refractivity contribution is -0.384. The predicted molar refractivity (Wildman–Crippen MR) is 101 cm³/mol. The summed E-state index contributed by atoms with van der Waals surface area (Å²) in [7, 11) is 3.13. The second-order valence-corrected chi connectivity index (χ2v) is 6.68. The number of nitro groups is 1. The van der Waals surface area contributed by atoms with Crippen molar-refractivity contribution in [2.45, 2.75) is 25.4 Å². The molecule has 2 aromatic rings. The molecule has 0 bridgehead atoms. The van der Waals surface area contributed by atoms with E-state index < -0.39 is 10.5 Å². The summed E-state index contributed by atoms with van der Waals surface area (Å²) in [5.41, 5.74) is 0.246. The molecule has 1 aromatic carbocycles. The first kappa shape index (κ1) is 18.9. The molecule has 27 heavy (non-hydrogen) atoms. The molecule has 0 amide bonds. The third-order valence-electron chi connectivity index (χ3n) is 5.07. The SMILES string of the molecule is COc1cc(OC)cc(C2(O)CCN(c3nccc(C)c3[N+](=O)[O-])CC2)c1. The lowest BCUT2D eigenvalue weighted by Crippen LogP contribution is -2.43. The number of aromatic nitrogens is 1. The van der Waals surface area contributed by atoms with Gasteiger partial charge in [-0.1, -0.05) is 0 Å². The fraction of sp³-hybridized carbons (Fsp3) is 0.421. The van der Waals surface area contributed by atoms with Crippen LogP contribution in [0.2, 0.25) is 0 Å². The summed E-state index contributed by atoms with van der Waals surface area (Å²) in [6, 6.07) is 6.98. The van der Waals surface area contributed by atoms with Crippen molar-refractivity contribution in [2.75, 3.05) is 32.2 Å². The van der Waals surface area contributed by atoms with E-state index in [1.807, 2.05) is 4.90 Å². The van der Waals surface area contributed by atoms with Crippen molar-refractivity contribution in [2.24, 2.45) is 0 Å². The zero-order chi connectivity index (χ0) is 19.6. The van der Waals surface area contributed by atoms with Gasteiger partial charge in [-0.05, 0) is 43.5 Å². The molecule has 1 N–H and O–H groups in total. The number of nitrogens with zero attached hydrogens (tertiary/aromatic N) is 3. The molecule has 1 aliphatic rings. The highest BCUT2D eigenvalue weighted by atomic mass is 16.6. The lowest BCUT2D eigenvalue weighted by atomic mass is 9.84. The van der Waals surface area contributed by atoms with Crippen LogP contribution in [-0.2, 0) is 5.60 Å². The van der Waals surface area contributed by atoms with Crippen LogP contribution in [0.5, 0.6) is 11.5 Å². The molecular formula is C19H23N3O5. The molecule has 1 saturated heterocycles. The Kier molecular flexibility index (Phi) is 5.18. The summed E-state index contributed by atoms with van der Waals surface area (Å²) in [6.07, 6.45) is 2.40. The number of ether oxygens (including phenoxy) is 2. The Hall–Kier alpha value is -2.87. The highest BCUT2D eigenvalue weighted by Gasteiger charge is 2.37. The van der Waals surface area contributed by atoms with Gasteiger partial charge in [0.2, 0.25) is 5.82 Å². The highest BCUT2D eigenvalue weighted by molar-refractivity contribution is 5.61. The van der Waals surface area contributed by atoms with Gasteiger partial charge < -0.3 is 19.5 Å². The molecule has 1 aliphatic heterocycles. The van der Waals surface area contributed by atoms with E-state index in [-0.39, 0.29) is 5.69 Å². The van der Waals surface area contributed by atoms with Gasteiger partial charge in [-0.2, -0.15) is 0 Å². The van der Waals surface area contributed by atoms with Gasteiger partial charge in [0.15, 0.2) is 0 Å². The van der Waals surface area contributed by atoms with E-state index in [4.69, 9.17) is 9.47 Å². The van der Waals surface area contributed by atoms with Gasteiger partial charge in [0, 0.05) is 30.9 Å². The molecule has 1 aromatic heterocycles. The molecule has 8 nitrogen and oxygen atoms in total. The highest BCUT2D eigenvalue weighted by Crippen LogP contribution is 2.39. The van der Waals surface area contributed by atoms with E-state index in [9.17, 15) is 15.2 Å². The van der Waals surface area contributed by atoms with Crippen molar-refractivity contribution in [3.05, 3.63) is 51.7 Å². The van der Waals surface area contributed by atoms with Gasteiger partial charge in [-0.15, -0.1) is 0 Å². The normalized spacial score (nSPS) is 16.1. The number of aryl methyl sites for hydroxylation is 1. The summed E-state index contributed by atoms with van der Waals surface area (Å²) < 4.78 is 10.6. The predicted octanol–water partition coefficient (Wildman–Crippen LogP) is 2.80. The lowest BCUT2D eigenvalue weighted by Gasteiger charge is -2.39. The molecule has 0 aliphatic carbocycles. The first-order valence-corrected chi connectivity index (χ1v) is 8.69. The number of hydrogen-bond acceptors (Lipinski definition) is 7. The second-order valence-electron chi connectivity index (χ2n) is 6.68. The molecular weight excluding hydrogens is 350 g/mol. The summed E-state index contributed by atoms with van der Waals surface area (Å²) in [6.45, 7) is 2.60. The van der Waals surface area contributed by atoms with E-state index in [1.165, 1.54) is 0 Å². The van der Waals surface area contributed by atoms with Crippen LogP contribution in [0, 0.1) is 17.0 Å². The van der Waals surface area contributed by atoms with E-state index in [0.29, 0.717) is 54.4 Å². The first-order chi connectivity index (χ1) is 12.9. The third-order valence-corrected chi connectivity index (χ3v) is 5.07. The molecule has 1 fully saturated rings. The Morgan fingerprint density at radius 3 is 2.30 bits per heavy atom. The number of aliphatic hydroxyl groups is 1. The minimum absolute atomic E-state index is 0.0194. The quantitative estimate of drug-likeness (QED) is 0.635. The van der Waals surface area contributed by atoms with Crippen molar-refractivity contribution in [1.29, 1.82) is 0 Å². The molecule has 0 radical (unpaired) electrons. The Morgan fingerprint density at radius 2 is 1.78 bits per heavy atom. The average molecular weight is 373 g/mol. The van der Waals surface area contributed by atoms with Crippen molar-refractivity contribution in [1.82, 2.24) is 4.98 Å². The first-order valence-electron chi connectivity index (χ1n) is 8.69. The number of methoxy groups -OCH3 is 2. The average Bonchev–Trinajstić information content (AvgIpc) is 2.67. The molecule has 0 spiro atoms. The molecule has 0 atom stereocenters. The molecule has 0 saturated carbocycles. The van der Waals surface area contributed by atoms with E-state index in [2.05, 4.69) is 4.98 Å². The van der Waals surface area contributed by atoms with Crippen LogP contribution in [0.1, 0.15) is 24.0 Å². The maximum Gasteiger partial charge on any atom is 0.314 e. The Bertz CT molecular complexity index is 825. The zero-order valence-corrected chi connectivity index (χ0v) is 15.6. The Balaban J connectivity index is 1.85. The molecule has 8 heteroatoms. The number of pyridine rings is 1. The van der Waals surface area contributed by atoms with Gasteiger partial charge in [-0.25, -0.2) is 4.98 Å². The standard InChI is InChI=1S/C19H23N3O5/c1-13-4-7-20-18(17(13)22(24)25)21-8-5-19(23,6-9-21)14-10-15(26-2)12-16(11-14)27-3/h4,7,10-12,23H,5-6,8-9H2,1-3H3. The number of rotatable bonds is 5. The van der Waals surface area contributed by atoms with Crippen molar-refractivity contribution < 1.29 is 19.5 Å². The minimum atomic E-state index is -1.06. The maximum absolute atomic E-state index is 11.4. The minimum Gasteiger partial charge on any atom is -0.497 e. The summed E-state index contributed by atoms with van der Waals surface area (Å²) in [5.74, 6) is 1.57. The van der Waals surface area contributed by atoms with Crippen LogP contribution in [0.15, 0.2) is 30.5 Å². The van der Waals surface area contributed by atoms with E-state index in [1.54, 1.807) is 51.6 Å². The Morgan fingerprint density at radius 1 is 1.19 bits per heavy atom. The number of hydrogen-bond donors (Lipinski definition) is 1. The van der Waals surface area contributed by atoms with Crippen LogP contribution in [0.3, 0.4) is 0 Å². The van der Waals surface area contributed by atoms with Crippen LogP contribution < -0.4 is 14.4 Å². The van der Waals surface area contributed by atoms with E-state index >= 15 is 0 Å². The van der Waals surface area contributed by atoms with Gasteiger partial charge in [-0.3, -0.25) is 10.1 Å². The molecule has 144 valence electrons.